The molecule has 0 fully saturated rings. The maximum Gasteiger partial charge on any atom is 0.316 e. The van der Waals surface area contributed by atoms with Gasteiger partial charge < -0.3 is 9.42 Å². The fourth-order valence-electron chi connectivity index (χ4n) is 0.666. The van der Waals surface area contributed by atoms with Gasteiger partial charge in [0.25, 0.3) is 0 Å². The summed E-state index contributed by atoms with van der Waals surface area (Å²) in [6, 6.07) is 5.27. The highest BCUT2D eigenvalue weighted by Gasteiger charge is 1.97. The molecule has 0 spiro atoms. The van der Waals surface area contributed by atoms with E-state index in [9.17, 15) is 4.57 Å². The Kier molecular flexibility index (Phi) is 3.88. The number of nitrogens with zero attached hydrogens (tertiary/aromatic N) is 1. The molecule has 1 aromatic rings. The van der Waals surface area contributed by atoms with Crippen LogP contribution in [-0.2, 0) is 15.7 Å². The quantitative estimate of drug-likeness (QED) is 0.657. The first-order chi connectivity index (χ1) is 5.68. The third-order valence-electron chi connectivity index (χ3n) is 1.12. The molecular formula is C6H7BrNO3P. The zero-order valence-corrected chi connectivity index (χ0v) is 8.61. The summed E-state index contributed by atoms with van der Waals surface area (Å²) < 4.78 is 15.4. The molecule has 1 rings (SSSR count). The predicted octanol–water partition coefficient (Wildman–Crippen LogP) is 1.74. The molecule has 12 heavy (non-hydrogen) atoms. The average Bonchev–Trinajstić information content (AvgIpc) is 2.01. The van der Waals surface area contributed by atoms with Gasteiger partial charge in [-0.3, -0.25) is 4.57 Å². The van der Waals surface area contributed by atoms with Gasteiger partial charge >= 0.3 is 8.25 Å². The van der Waals surface area contributed by atoms with E-state index >= 15 is 0 Å². The van der Waals surface area contributed by atoms with E-state index in [1.807, 2.05) is 0 Å². The number of pyridine rings is 1. The Balaban J connectivity index is 2.57. The van der Waals surface area contributed by atoms with Crippen LogP contribution in [0, 0.1) is 0 Å². The molecule has 4 nitrogen and oxygen atoms in total. The Morgan fingerprint density at radius 1 is 1.67 bits per heavy atom. The van der Waals surface area contributed by atoms with E-state index in [-0.39, 0.29) is 6.61 Å². The van der Waals surface area contributed by atoms with Gasteiger partial charge in [-0.1, -0.05) is 6.07 Å². The molecule has 1 heterocycles. The largest absolute Gasteiger partial charge is 0.326 e. The Morgan fingerprint density at radius 3 is 3.00 bits per heavy atom. The number of hydrogen-bond acceptors (Lipinski definition) is 3. The van der Waals surface area contributed by atoms with Crippen LogP contribution in [0.3, 0.4) is 0 Å². The fraction of sp³-hybridized carbons (Fsp3) is 0.167. The van der Waals surface area contributed by atoms with Crippen LogP contribution < -0.4 is 0 Å². The van der Waals surface area contributed by atoms with Crippen LogP contribution in [0.5, 0.6) is 0 Å². The summed E-state index contributed by atoms with van der Waals surface area (Å²) >= 11 is 3.17. The predicted molar refractivity (Wildman–Crippen MR) is 47.9 cm³/mol. The second-order valence-electron chi connectivity index (χ2n) is 2.01. The summed E-state index contributed by atoms with van der Waals surface area (Å²) in [5, 5.41) is 0. The number of halogens is 1. The van der Waals surface area contributed by atoms with Crippen molar-refractivity contribution in [1.29, 1.82) is 0 Å². The van der Waals surface area contributed by atoms with E-state index in [1.165, 1.54) is 0 Å². The van der Waals surface area contributed by atoms with Crippen LogP contribution in [0.15, 0.2) is 22.8 Å². The van der Waals surface area contributed by atoms with Gasteiger partial charge in [-0.25, -0.2) is 4.98 Å². The average molecular weight is 252 g/mol. The minimum Gasteiger partial charge on any atom is -0.326 e. The molecule has 1 atom stereocenters. The highest BCUT2D eigenvalue weighted by Crippen LogP contribution is 2.17. The SMILES string of the molecule is O=[PH](O)OCc1cccc(Br)n1. The van der Waals surface area contributed by atoms with Crippen molar-refractivity contribution >= 4 is 24.2 Å². The van der Waals surface area contributed by atoms with E-state index in [2.05, 4.69) is 25.4 Å². The minimum atomic E-state index is -2.85. The Hall–Kier alpha value is -0.220. The molecule has 0 aromatic carbocycles. The van der Waals surface area contributed by atoms with Crippen LogP contribution in [-0.4, -0.2) is 9.88 Å². The molecular weight excluding hydrogens is 245 g/mol. The zero-order valence-electron chi connectivity index (χ0n) is 6.03. The van der Waals surface area contributed by atoms with Gasteiger partial charge in [0.05, 0.1) is 12.3 Å². The van der Waals surface area contributed by atoms with Crippen LogP contribution in [0.4, 0.5) is 0 Å². The minimum absolute atomic E-state index is 0.0632. The topological polar surface area (TPSA) is 59.4 Å². The summed E-state index contributed by atoms with van der Waals surface area (Å²) in [5.41, 5.74) is 0.622. The van der Waals surface area contributed by atoms with Crippen LogP contribution in [0.25, 0.3) is 0 Å². The van der Waals surface area contributed by atoms with Crippen LogP contribution >= 0.6 is 24.2 Å². The molecule has 0 aliphatic rings. The molecule has 1 unspecified atom stereocenters. The van der Waals surface area contributed by atoms with E-state index in [0.29, 0.717) is 10.3 Å². The molecule has 0 aliphatic carbocycles. The van der Waals surface area contributed by atoms with E-state index in [1.54, 1.807) is 18.2 Å². The first-order valence-electron chi connectivity index (χ1n) is 3.15. The molecule has 66 valence electrons. The van der Waals surface area contributed by atoms with Crippen molar-refractivity contribution in [1.82, 2.24) is 4.98 Å². The standard InChI is InChI=1S/C6H7BrNO3P/c7-6-3-1-2-5(8-6)4-11-12(9)10/h1-3,12H,4H2,(H,9,10). The monoisotopic (exact) mass is 251 g/mol. The van der Waals surface area contributed by atoms with Crippen molar-refractivity contribution in [2.75, 3.05) is 0 Å². The fourth-order valence-corrected chi connectivity index (χ4v) is 1.32. The summed E-state index contributed by atoms with van der Waals surface area (Å²) in [6.45, 7) is 0.0632. The van der Waals surface area contributed by atoms with Crippen molar-refractivity contribution < 1.29 is 14.0 Å². The van der Waals surface area contributed by atoms with Crippen molar-refractivity contribution in [3.63, 3.8) is 0 Å². The lowest BCUT2D eigenvalue weighted by atomic mass is 10.4. The van der Waals surface area contributed by atoms with Gasteiger partial charge in [-0.2, -0.15) is 0 Å². The first kappa shape index (κ1) is 9.86. The molecule has 6 heteroatoms. The Bertz CT molecular complexity index is 294. The lowest BCUT2D eigenvalue weighted by molar-refractivity contribution is 0.269. The van der Waals surface area contributed by atoms with Gasteiger partial charge in [0.1, 0.15) is 4.60 Å². The van der Waals surface area contributed by atoms with Crippen molar-refractivity contribution in [2.45, 2.75) is 6.61 Å². The lowest BCUT2D eigenvalue weighted by Crippen LogP contribution is -1.90. The molecule has 0 amide bonds. The summed E-state index contributed by atoms with van der Waals surface area (Å²) in [7, 11) is -2.85. The van der Waals surface area contributed by atoms with Gasteiger partial charge in [0.15, 0.2) is 0 Å². The zero-order chi connectivity index (χ0) is 8.97. The van der Waals surface area contributed by atoms with Crippen LogP contribution in [0.2, 0.25) is 0 Å². The number of aromatic nitrogens is 1. The van der Waals surface area contributed by atoms with Crippen molar-refractivity contribution in [3.05, 3.63) is 28.5 Å². The maximum absolute atomic E-state index is 10.2. The number of rotatable bonds is 3. The molecule has 0 aliphatic heterocycles. The van der Waals surface area contributed by atoms with Crippen molar-refractivity contribution in [2.24, 2.45) is 0 Å². The molecule has 0 saturated heterocycles. The lowest BCUT2D eigenvalue weighted by Gasteiger charge is -1.99. The summed E-state index contributed by atoms with van der Waals surface area (Å²) in [6.07, 6.45) is 0. The number of hydrogen-bond donors (Lipinski definition) is 1. The normalized spacial score (nSPS) is 12.8. The Morgan fingerprint density at radius 2 is 2.42 bits per heavy atom. The van der Waals surface area contributed by atoms with E-state index in [0.717, 1.165) is 0 Å². The van der Waals surface area contributed by atoms with Crippen molar-refractivity contribution in [3.8, 4) is 0 Å². The molecule has 1 N–H and O–H groups in total. The summed E-state index contributed by atoms with van der Waals surface area (Å²) in [5.74, 6) is 0. The molecule has 0 radical (unpaired) electrons. The third kappa shape index (κ3) is 3.45. The third-order valence-corrected chi connectivity index (χ3v) is 1.95. The molecule has 0 bridgehead atoms. The second-order valence-corrected chi connectivity index (χ2v) is 3.64. The highest BCUT2D eigenvalue weighted by molar-refractivity contribution is 9.10. The Labute approximate surface area is 78.7 Å². The van der Waals surface area contributed by atoms with Gasteiger partial charge in [-0.05, 0) is 28.1 Å². The molecule has 0 saturated carbocycles. The maximum atomic E-state index is 10.2. The molecule has 1 aromatic heterocycles. The van der Waals surface area contributed by atoms with Gasteiger partial charge in [0.2, 0.25) is 0 Å². The second kappa shape index (κ2) is 4.72. The van der Waals surface area contributed by atoms with E-state index < -0.39 is 8.25 Å². The summed E-state index contributed by atoms with van der Waals surface area (Å²) in [4.78, 5) is 12.4. The van der Waals surface area contributed by atoms with Crippen LogP contribution in [0.1, 0.15) is 5.69 Å². The smallest absolute Gasteiger partial charge is 0.316 e. The van der Waals surface area contributed by atoms with E-state index in [4.69, 9.17) is 4.89 Å². The highest BCUT2D eigenvalue weighted by atomic mass is 79.9. The first-order valence-corrected chi connectivity index (χ1v) is 5.21. The van der Waals surface area contributed by atoms with Gasteiger partial charge in [-0.15, -0.1) is 0 Å². The van der Waals surface area contributed by atoms with Gasteiger partial charge in [0, 0.05) is 0 Å².